The maximum atomic E-state index is 12.0. The van der Waals surface area contributed by atoms with Crippen molar-refractivity contribution in [1.82, 2.24) is 15.1 Å². The molecule has 1 aromatic heterocycles. The van der Waals surface area contributed by atoms with Crippen LogP contribution in [0.2, 0.25) is 0 Å². The van der Waals surface area contributed by atoms with Gasteiger partial charge in [0.05, 0.1) is 0 Å². The highest BCUT2D eigenvalue weighted by atomic mass is 16.2. The minimum Gasteiger partial charge on any atom is -0.352 e. The van der Waals surface area contributed by atoms with E-state index in [0.29, 0.717) is 30.8 Å². The van der Waals surface area contributed by atoms with Crippen molar-refractivity contribution < 1.29 is 9.59 Å². The van der Waals surface area contributed by atoms with Crippen molar-refractivity contribution in [2.45, 2.75) is 19.9 Å². The first kappa shape index (κ1) is 16.4. The van der Waals surface area contributed by atoms with Gasteiger partial charge in [0.15, 0.2) is 0 Å². The lowest BCUT2D eigenvalue weighted by molar-refractivity contribution is -0.114. The van der Waals surface area contributed by atoms with E-state index in [9.17, 15) is 14.4 Å². The molecule has 2 N–H and O–H groups in total. The second-order valence-electron chi connectivity index (χ2n) is 4.95. The Labute approximate surface area is 133 Å². The number of anilines is 1. The van der Waals surface area contributed by atoms with Gasteiger partial charge in [0.1, 0.15) is 0 Å². The van der Waals surface area contributed by atoms with Gasteiger partial charge in [0, 0.05) is 43.5 Å². The van der Waals surface area contributed by atoms with Crippen LogP contribution in [0.5, 0.6) is 0 Å². The molecule has 2 rings (SSSR count). The lowest BCUT2D eigenvalue weighted by atomic mass is 10.2. The standard InChI is InChI=1S/C16H18N4O3/c1-12(21)19-14-7-5-13(6-8-14)16(23)17-9-3-11-20-15(22)4-2-10-18-20/h2,4-8,10H,3,9,11H2,1H3,(H,17,23)(H,19,21). The van der Waals surface area contributed by atoms with Crippen molar-refractivity contribution in [3.8, 4) is 0 Å². The summed E-state index contributed by atoms with van der Waals surface area (Å²) in [6.45, 7) is 2.31. The zero-order chi connectivity index (χ0) is 16.7. The van der Waals surface area contributed by atoms with Crippen LogP contribution in [0.1, 0.15) is 23.7 Å². The number of hydrogen-bond donors (Lipinski definition) is 2. The molecule has 2 amide bonds. The van der Waals surface area contributed by atoms with E-state index in [0.717, 1.165) is 0 Å². The number of aromatic nitrogens is 2. The van der Waals surface area contributed by atoms with Gasteiger partial charge in [0.2, 0.25) is 5.91 Å². The van der Waals surface area contributed by atoms with E-state index in [2.05, 4.69) is 15.7 Å². The topological polar surface area (TPSA) is 93.1 Å². The molecule has 1 heterocycles. The minimum absolute atomic E-state index is 0.160. The number of aryl methyl sites for hydroxylation is 1. The average molecular weight is 314 g/mol. The Balaban J connectivity index is 1.79. The van der Waals surface area contributed by atoms with Crippen LogP contribution in [0.3, 0.4) is 0 Å². The fourth-order valence-electron chi connectivity index (χ4n) is 2.00. The minimum atomic E-state index is -0.201. The number of amides is 2. The van der Waals surface area contributed by atoms with Crippen molar-refractivity contribution >= 4 is 17.5 Å². The third-order valence-electron chi connectivity index (χ3n) is 3.09. The number of nitrogens with zero attached hydrogens (tertiary/aromatic N) is 2. The summed E-state index contributed by atoms with van der Waals surface area (Å²) in [6, 6.07) is 9.66. The van der Waals surface area contributed by atoms with E-state index >= 15 is 0 Å². The van der Waals surface area contributed by atoms with Crippen molar-refractivity contribution in [2.24, 2.45) is 0 Å². The second-order valence-corrected chi connectivity index (χ2v) is 4.95. The molecule has 0 bridgehead atoms. The monoisotopic (exact) mass is 314 g/mol. The summed E-state index contributed by atoms with van der Waals surface area (Å²) < 4.78 is 1.36. The molecular formula is C16H18N4O3. The largest absolute Gasteiger partial charge is 0.352 e. The molecule has 0 aliphatic rings. The third-order valence-corrected chi connectivity index (χ3v) is 3.09. The Bertz CT molecular complexity index is 737. The van der Waals surface area contributed by atoms with Gasteiger partial charge >= 0.3 is 0 Å². The molecule has 0 aliphatic heterocycles. The predicted molar refractivity (Wildman–Crippen MR) is 86.2 cm³/mol. The normalized spacial score (nSPS) is 10.1. The molecule has 120 valence electrons. The third kappa shape index (κ3) is 5.06. The zero-order valence-corrected chi connectivity index (χ0v) is 12.8. The Kier molecular flexibility index (Phi) is 5.62. The van der Waals surface area contributed by atoms with Crippen LogP contribution in [-0.4, -0.2) is 28.1 Å². The van der Waals surface area contributed by atoms with Gasteiger partial charge in [-0.25, -0.2) is 4.68 Å². The van der Waals surface area contributed by atoms with Crippen molar-refractivity contribution in [2.75, 3.05) is 11.9 Å². The van der Waals surface area contributed by atoms with Gasteiger partial charge in [-0.05, 0) is 36.8 Å². The van der Waals surface area contributed by atoms with E-state index < -0.39 is 0 Å². The first-order valence-corrected chi connectivity index (χ1v) is 7.24. The van der Waals surface area contributed by atoms with Crippen LogP contribution >= 0.6 is 0 Å². The van der Waals surface area contributed by atoms with Gasteiger partial charge in [-0.15, -0.1) is 0 Å². The van der Waals surface area contributed by atoms with E-state index in [4.69, 9.17) is 0 Å². The Morgan fingerprint density at radius 3 is 2.57 bits per heavy atom. The highest BCUT2D eigenvalue weighted by molar-refractivity contribution is 5.95. The zero-order valence-electron chi connectivity index (χ0n) is 12.8. The van der Waals surface area contributed by atoms with Crippen molar-refractivity contribution in [1.29, 1.82) is 0 Å². The van der Waals surface area contributed by atoms with Crippen LogP contribution in [0.25, 0.3) is 0 Å². The summed E-state index contributed by atoms with van der Waals surface area (Å²) >= 11 is 0. The highest BCUT2D eigenvalue weighted by Gasteiger charge is 2.05. The molecular weight excluding hydrogens is 296 g/mol. The molecule has 7 heteroatoms. The molecule has 7 nitrogen and oxygen atoms in total. The number of carbonyl (C=O) groups is 2. The van der Waals surface area contributed by atoms with Gasteiger partial charge in [0.25, 0.3) is 11.5 Å². The highest BCUT2D eigenvalue weighted by Crippen LogP contribution is 2.09. The lowest BCUT2D eigenvalue weighted by Crippen LogP contribution is -2.27. The van der Waals surface area contributed by atoms with Crippen LogP contribution < -0.4 is 16.2 Å². The van der Waals surface area contributed by atoms with Crippen LogP contribution in [0.15, 0.2) is 47.4 Å². The molecule has 0 aliphatic carbocycles. The molecule has 2 aromatic rings. The lowest BCUT2D eigenvalue weighted by Gasteiger charge is -2.07. The van der Waals surface area contributed by atoms with Gasteiger partial charge in [-0.3, -0.25) is 14.4 Å². The fraction of sp³-hybridized carbons (Fsp3) is 0.250. The smallest absolute Gasteiger partial charge is 0.266 e. The van der Waals surface area contributed by atoms with E-state index in [1.165, 1.54) is 17.7 Å². The van der Waals surface area contributed by atoms with Gasteiger partial charge < -0.3 is 10.6 Å². The van der Waals surface area contributed by atoms with Gasteiger partial charge in [-0.1, -0.05) is 0 Å². The van der Waals surface area contributed by atoms with Crippen LogP contribution in [0, 0.1) is 0 Å². The first-order chi connectivity index (χ1) is 11.1. The molecule has 23 heavy (non-hydrogen) atoms. The Morgan fingerprint density at radius 2 is 1.91 bits per heavy atom. The van der Waals surface area contributed by atoms with Crippen molar-refractivity contribution in [3.63, 3.8) is 0 Å². The summed E-state index contributed by atoms with van der Waals surface area (Å²) in [6.07, 6.45) is 2.16. The number of carbonyl (C=O) groups excluding carboxylic acids is 2. The summed E-state index contributed by atoms with van der Waals surface area (Å²) in [7, 11) is 0. The molecule has 0 radical (unpaired) electrons. The summed E-state index contributed by atoms with van der Waals surface area (Å²) in [4.78, 5) is 34.4. The van der Waals surface area contributed by atoms with E-state index in [1.54, 1.807) is 36.5 Å². The predicted octanol–water partition coefficient (Wildman–Crippen LogP) is 1.02. The maximum absolute atomic E-state index is 12.0. The second kappa shape index (κ2) is 7.88. The van der Waals surface area contributed by atoms with Crippen LogP contribution in [-0.2, 0) is 11.3 Å². The SMILES string of the molecule is CC(=O)Nc1ccc(C(=O)NCCCn2ncccc2=O)cc1. The maximum Gasteiger partial charge on any atom is 0.266 e. The Hall–Kier alpha value is -2.96. The quantitative estimate of drug-likeness (QED) is 0.779. The van der Waals surface area contributed by atoms with Crippen LogP contribution in [0.4, 0.5) is 5.69 Å². The molecule has 0 saturated carbocycles. The molecule has 0 atom stereocenters. The van der Waals surface area contributed by atoms with Crippen molar-refractivity contribution in [3.05, 3.63) is 58.5 Å². The number of rotatable bonds is 6. The molecule has 0 saturated heterocycles. The van der Waals surface area contributed by atoms with E-state index in [1.807, 2.05) is 0 Å². The molecule has 0 unspecified atom stereocenters. The fourth-order valence-corrected chi connectivity index (χ4v) is 2.00. The molecule has 0 spiro atoms. The van der Waals surface area contributed by atoms with Gasteiger partial charge in [-0.2, -0.15) is 5.10 Å². The number of hydrogen-bond acceptors (Lipinski definition) is 4. The summed E-state index contributed by atoms with van der Waals surface area (Å²) in [5.74, 6) is -0.361. The Morgan fingerprint density at radius 1 is 1.17 bits per heavy atom. The van der Waals surface area contributed by atoms with E-state index in [-0.39, 0.29) is 17.4 Å². The number of nitrogens with one attached hydrogen (secondary N) is 2. The average Bonchev–Trinajstić information content (AvgIpc) is 2.53. The molecule has 1 aromatic carbocycles. The number of benzene rings is 1. The molecule has 0 fully saturated rings. The summed E-state index contributed by atoms with van der Waals surface area (Å²) in [5, 5.41) is 9.36. The summed E-state index contributed by atoms with van der Waals surface area (Å²) in [5.41, 5.74) is 0.991. The first-order valence-electron chi connectivity index (χ1n) is 7.24.